The summed E-state index contributed by atoms with van der Waals surface area (Å²) in [6.07, 6.45) is -4.59. The van der Waals surface area contributed by atoms with Gasteiger partial charge in [-0.25, -0.2) is 4.79 Å². The molecule has 10 nitrogen and oxygen atoms in total. The smallest absolute Gasteiger partial charge is 0.445 e. The van der Waals surface area contributed by atoms with Crippen LogP contribution in [0.25, 0.3) is 0 Å². The Morgan fingerprint density at radius 3 is 2.47 bits per heavy atom. The zero-order valence-electron chi connectivity index (χ0n) is 16.8. The Hall–Kier alpha value is -3.38. The minimum Gasteiger partial charge on any atom is -0.445 e. The average molecular weight is 458 g/mol. The van der Waals surface area contributed by atoms with Gasteiger partial charge in [0.1, 0.15) is 12.6 Å². The molecule has 0 bridgehead atoms. The number of carbonyl (C=O) groups is 3. The molecule has 3 rings (SSSR count). The third-order valence-electron chi connectivity index (χ3n) is 5.36. The van der Waals surface area contributed by atoms with Crippen LogP contribution in [-0.2, 0) is 20.9 Å². The van der Waals surface area contributed by atoms with Gasteiger partial charge < -0.3 is 15.0 Å². The maximum atomic E-state index is 12.6. The summed E-state index contributed by atoms with van der Waals surface area (Å²) >= 11 is 0. The van der Waals surface area contributed by atoms with Gasteiger partial charge in [-0.3, -0.25) is 24.6 Å². The maximum Gasteiger partial charge on any atom is 0.471 e. The Balaban J connectivity index is 1.51. The van der Waals surface area contributed by atoms with Crippen LogP contribution in [0.2, 0.25) is 0 Å². The van der Waals surface area contributed by atoms with Crippen LogP contribution < -0.4 is 5.32 Å². The van der Waals surface area contributed by atoms with E-state index >= 15 is 0 Å². The summed E-state index contributed by atoms with van der Waals surface area (Å²) in [4.78, 5) is 48.4. The highest BCUT2D eigenvalue weighted by Crippen LogP contribution is 2.23. The predicted molar refractivity (Wildman–Crippen MR) is 102 cm³/mol. The first-order chi connectivity index (χ1) is 15.1. The number of likely N-dealkylation sites (tertiary alicyclic amines) is 2. The molecule has 2 heterocycles. The van der Waals surface area contributed by atoms with Crippen LogP contribution in [0.3, 0.4) is 0 Å². The zero-order valence-corrected chi connectivity index (χ0v) is 16.8. The first-order valence-corrected chi connectivity index (χ1v) is 9.89. The van der Waals surface area contributed by atoms with Gasteiger partial charge in [0.05, 0.1) is 4.92 Å². The lowest BCUT2D eigenvalue weighted by Gasteiger charge is -2.25. The second-order valence-corrected chi connectivity index (χ2v) is 7.57. The average Bonchev–Trinajstić information content (AvgIpc) is 3.40. The first-order valence-electron chi connectivity index (χ1n) is 9.89. The van der Waals surface area contributed by atoms with Gasteiger partial charge in [0.25, 0.3) is 5.69 Å². The van der Waals surface area contributed by atoms with Crippen molar-refractivity contribution < 1.29 is 37.2 Å². The van der Waals surface area contributed by atoms with Crippen LogP contribution in [0.5, 0.6) is 0 Å². The van der Waals surface area contributed by atoms with Crippen LogP contribution in [0.1, 0.15) is 24.8 Å². The molecule has 1 N–H and O–H groups in total. The van der Waals surface area contributed by atoms with Crippen LogP contribution in [0.15, 0.2) is 24.3 Å². The molecule has 2 fully saturated rings. The molecule has 0 unspecified atom stereocenters. The van der Waals surface area contributed by atoms with Crippen molar-refractivity contribution in [3.63, 3.8) is 0 Å². The monoisotopic (exact) mass is 458 g/mol. The van der Waals surface area contributed by atoms with Crippen molar-refractivity contribution in [1.82, 2.24) is 15.1 Å². The summed E-state index contributed by atoms with van der Waals surface area (Å²) in [6.45, 7) is -0.227. The number of carbonyl (C=O) groups excluding carboxylic acids is 3. The van der Waals surface area contributed by atoms with Crippen LogP contribution in [0.4, 0.5) is 23.7 Å². The standard InChI is InChI=1S/C19H21F3N4O6/c20-19(21,22)17(28)24-9-7-13(10-24)23-16(27)15-2-1-8-25(15)18(29)32-11-12-3-5-14(6-4-12)26(30)31/h3-6,13,15H,1-2,7-11H2,(H,23,27)/t13-,15+/m0/s1. The molecule has 2 aliphatic heterocycles. The highest BCUT2D eigenvalue weighted by molar-refractivity contribution is 5.87. The maximum absolute atomic E-state index is 12.6. The normalized spacial score (nSPS) is 20.8. The van der Waals surface area contributed by atoms with Gasteiger partial charge in [0.2, 0.25) is 5.91 Å². The number of hydrogen-bond acceptors (Lipinski definition) is 6. The molecular weight excluding hydrogens is 437 g/mol. The largest absolute Gasteiger partial charge is 0.471 e. The highest BCUT2D eigenvalue weighted by Gasteiger charge is 2.45. The van der Waals surface area contributed by atoms with Gasteiger partial charge in [-0.1, -0.05) is 0 Å². The molecule has 0 aromatic heterocycles. The Morgan fingerprint density at radius 2 is 1.84 bits per heavy atom. The number of nitrogens with one attached hydrogen (secondary N) is 1. The van der Waals surface area contributed by atoms with Crippen molar-refractivity contribution in [3.8, 4) is 0 Å². The second kappa shape index (κ2) is 9.40. The summed E-state index contributed by atoms with van der Waals surface area (Å²) in [5.41, 5.74) is 0.434. The third-order valence-corrected chi connectivity index (χ3v) is 5.36. The fourth-order valence-corrected chi connectivity index (χ4v) is 3.74. The number of nitro benzene ring substituents is 1. The third kappa shape index (κ3) is 5.45. The molecule has 0 saturated carbocycles. The van der Waals surface area contributed by atoms with E-state index in [1.165, 1.54) is 29.2 Å². The number of non-ortho nitro benzene ring substituents is 1. The molecule has 2 aliphatic rings. The minimum absolute atomic E-state index is 0.0984. The lowest BCUT2D eigenvalue weighted by Crippen LogP contribution is -2.50. The minimum atomic E-state index is -4.96. The molecule has 0 radical (unpaired) electrons. The Morgan fingerprint density at radius 1 is 1.16 bits per heavy atom. The van der Waals surface area contributed by atoms with Gasteiger partial charge in [0.15, 0.2) is 0 Å². The Kier molecular flexibility index (Phi) is 6.84. The van der Waals surface area contributed by atoms with Gasteiger partial charge in [0, 0.05) is 37.8 Å². The van der Waals surface area contributed by atoms with E-state index in [2.05, 4.69) is 5.32 Å². The highest BCUT2D eigenvalue weighted by atomic mass is 19.4. The summed E-state index contributed by atoms with van der Waals surface area (Å²) in [6, 6.07) is 4.01. The molecule has 2 atom stereocenters. The fraction of sp³-hybridized carbons (Fsp3) is 0.526. The number of nitrogens with zero attached hydrogens (tertiary/aromatic N) is 3. The van der Waals surface area contributed by atoms with E-state index in [1.54, 1.807) is 0 Å². The van der Waals surface area contributed by atoms with E-state index in [-0.39, 0.29) is 38.3 Å². The molecule has 32 heavy (non-hydrogen) atoms. The van der Waals surface area contributed by atoms with Crippen molar-refractivity contribution in [2.24, 2.45) is 0 Å². The second-order valence-electron chi connectivity index (χ2n) is 7.57. The first kappa shape index (κ1) is 23.3. The molecule has 13 heteroatoms. The molecular formula is C19H21F3N4O6. The van der Waals surface area contributed by atoms with Crippen molar-refractivity contribution in [2.75, 3.05) is 19.6 Å². The van der Waals surface area contributed by atoms with Gasteiger partial charge >= 0.3 is 18.2 Å². The molecule has 2 saturated heterocycles. The molecule has 0 aliphatic carbocycles. The lowest BCUT2D eigenvalue weighted by molar-refractivity contribution is -0.384. The van der Waals surface area contributed by atoms with Gasteiger partial charge in [-0.05, 0) is 37.0 Å². The zero-order chi connectivity index (χ0) is 23.5. The van der Waals surface area contributed by atoms with E-state index in [4.69, 9.17) is 4.74 Å². The van der Waals surface area contributed by atoms with Crippen molar-refractivity contribution >= 4 is 23.6 Å². The van der Waals surface area contributed by atoms with E-state index < -0.39 is 41.1 Å². The molecule has 174 valence electrons. The Labute approximate surface area is 180 Å². The quantitative estimate of drug-likeness (QED) is 0.532. The molecule has 1 aromatic carbocycles. The van der Waals surface area contributed by atoms with Gasteiger partial charge in [-0.2, -0.15) is 13.2 Å². The number of amides is 3. The van der Waals surface area contributed by atoms with Crippen LogP contribution >= 0.6 is 0 Å². The number of benzene rings is 1. The number of alkyl halides is 3. The van der Waals surface area contributed by atoms with Crippen LogP contribution in [-0.4, -0.2) is 70.5 Å². The summed E-state index contributed by atoms with van der Waals surface area (Å²) in [7, 11) is 0. The van der Waals surface area contributed by atoms with E-state index in [0.717, 1.165) is 0 Å². The predicted octanol–water partition coefficient (Wildman–Crippen LogP) is 1.98. The molecule has 0 spiro atoms. The van der Waals surface area contributed by atoms with Gasteiger partial charge in [-0.15, -0.1) is 0 Å². The summed E-state index contributed by atoms with van der Waals surface area (Å²) in [5, 5.41) is 13.3. The van der Waals surface area contributed by atoms with Crippen molar-refractivity contribution in [3.05, 3.63) is 39.9 Å². The number of rotatable bonds is 5. The molecule has 1 aromatic rings. The van der Waals surface area contributed by atoms with E-state index in [0.29, 0.717) is 23.3 Å². The molecule has 3 amide bonds. The number of ether oxygens (including phenoxy) is 1. The van der Waals surface area contributed by atoms with Crippen molar-refractivity contribution in [1.29, 1.82) is 0 Å². The topological polar surface area (TPSA) is 122 Å². The SMILES string of the molecule is O=C(N[C@H]1CCN(C(=O)C(F)(F)F)C1)[C@H]1CCCN1C(=O)OCc1ccc([N+](=O)[O-])cc1. The number of hydrogen-bond donors (Lipinski definition) is 1. The summed E-state index contributed by atoms with van der Waals surface area (Å²) < 4.78 is 42.9. The van der Waals surface area contributed by atoms with Crippen molar-refractivity contribution in [2.45, 2.75) is 44.1 Å². The fourth-order valence-electron chi connectivity index (χ4n) is 3.74. The number of halogens is 3. The lowest BCUT2D eigenvalue weighted by atomic mass is 10.2. The Bertz CT molecular complexity index is 892. The van der Waals surface area contributed by atoms with E-state index in [1.807, 2.05) is 0 Å². The van der Waals surface area contributed by atoms with Crippen LogP contribution in [0, 0.1) is 10.1 Å². The van der Waals surface area contributed by atoms with E-state index in [9.17, 15) is 37.7 Å². The number of nitro groups is 1. The summed E-state index contributed by atoms with van der Waals surface area (Å²) in [5.74, 6) is -2.45.